The average molecular weight is 336 g/mol. The quantitative estimate of drug-likeness (QED) is 0.837. The Morgan fingerprint density at radius 3 is 2.28 bits per heavy atom. The van der Waals surface area contributed by atoms with Crippen LogP contribution in [0.2, 0.25) is 0 Å². The Bertz CT molecular complexity index is 547. The average Bonchev–Trinajstić information content (AvgIpc) is 2.71. The van der Waals surface area contributed by atoms with Gasteiger partial charge in [-0.2, -0.15) is 0 Å². The topological polar surface area (TPSA) is 26.0 Å². The number of thiophene rings is 1. The highest BCUT2D eigenvalue weighted by Crippen LogP contribution is 2.25. The van der Waals surface area contributed by atoms with Crippen LogP contribution < -0.4 is 5.73 Å². The Labute approximate surface area is 115 Å². The van der Waals surface area contributed by atoms with Crippen LogP contribution >= 0.6 is 27.3 Å². The van der Waals surface area contributed by atoms with Gasteiger partial charge < -0.3 is 5.73 Å². The number of rotatable bonds is 3. The molecule has 0 aliphatic rings. The summed E-state index contributed by atoms with van der Waals surface area (Å²) in [7, 11) is 0. The van der Waals surface area contributed by atoms with Crippen LogP contribution in [0.5, 0.6) is 0 Å². The Kier molecular flexibility index (Phi) is 4.09. The van der Waals surface area contributed by atoms with Crippen molar-refractivity contribution in [3.8, 4) is 0 Å². The Morgan fingerprint density at radius 2 is 1.78 bits per heavy atom. The first kappa shape index (κ1) is 13.6. The lowest BCUT2D eigenvalue weighted by molar-refractivity contribution is 0.443. The molecule has 2 rings (SSSR count). The molecule has 6 heteroatoms. The van der Waals surface area contributed by atoms with Gasteiger partial charge in [0.1, 0.15) is 0 Å². The van der Waals surface area contributed by atoms with Crippen LogP contribution in [0.1, 0.15) is 16.5 Å². The molecule has 96 valence electrons. The van der Waals surface area contributed by atoms with Gasteiger partial charge in [-0.25, -0.2) is 13.2 Å². The van der Waals surface area contributed by atoms with Crippen molar-refractivity contribution in [1.82, 2.24) is 0 Å². The van der Waals surface area contributed by atoms with E-state index in [1.807, 2.05) is 11.4 Å². The Hall–Kier alpha value is -0.850. The monoisotopic (exact) mass is 335 g/mol. The van der Waals surface area contributed by atoms with Gasteiger partial charge in [-0.15, -0.1) is 11.3 Å². The minimum atomic E-state index is -1.47. The summed E-state index contributed by atoms with van der Waals surface area (Å²) in [5.74, 6) is -3.90. The Morgan fingerprint density at radius 1 is 1.17 bits per heavy atom. The largest absolute Gasteiger partial charge is 0.324 e. The molecule has 2 aromatic rings. The highest BCUT2D eigenvalue weighted by Gasteiger charge is 2.15. The number of benzene rings is 1. The smallest absolute Gasteiger partial charge is 0.194 e. The third kappa shape index (κ3) is 2.93. The summed E-state index contributed by atoms with van der Waals surface area (Å²) in [5.41, 5.74) is 6.11. The fourth-order valence-electron chi connectivity index (χ4n) is 1.58. The van der Waals surface area contributed by atoms with Gasteiger partial charge in [0, 0.05) is 27.2 Å². The van der Waals surface area contributed by atoms with Crippen LogP contribution in [-0.4, -0.2) is 0 Å². The molecule has 0 aliphatic heterocycles. The fourth-order valence-corrected chi connectivity index (χ4v) is 3.10. The van der Waals surface area contributed by atoms with Crippen molar-refractivity contribution in [2.75, 3.05) is 0 Å². The first-order valence-corrected chi connectivity index (χ1v) is 6.77. The van der Waals surface area contributed by atoms with Gasteiger partial charge in [0.25, 0.3) is 0 Å². The zero-order chi connectivity index (χ0) is 13.3. The molecule has 0 bridgehead atoms. The van der Waals surface area contributed by atoms with Crippen LogP contribution in [0, 0.1) is 17.5 Å². The minimum absolute atomic E-state index is 0.246. The van der Waals surface area contributed by atoms with E-state index in [1.165, 1.54) is 11.3 Å². The molecule has 18 heavy (non-hydrogen) atoms. The maximum absolute atomic E-state index is 13.1. The summed E-state index contributed by atoms with van der Waals surface area (Å²) in [6.07, 6.45) is 0.445. The van der Waals surface area contributed by atoms with E-state index in [9.17, 15) is 13.2 Å². The highest BCUT2D eigenvalue weighted by molar-refractivity contribution is 9.10. The summed E-state index contributed by atoms with van der Waals surface area (Å²) < 4.78 is 39.9. The van der Waals surface area contributed by atoms with Gasteiger partial charge in [-0.1, -0.05) is 0 Å². The minimum Gasteiger partial charge on any atom is -0.324 e. The lowest BCUT2D eigenvalue weighted by atomic mass is 10.0. The molecular formula is C12H9BrF3NS. The Balaban J connectivity index is 2.21. The second kappa shape index (κ2) is 5.42. The number of hydrogen-bond acceptors (Lipinski definition) is 2. The lowest BCUT2D eigenvalue weighted by Gasteiger charge is -2.11. The van der Waals surface area contributed by atoms with Gasteiger partial charge in [-0.3, -0.25) is 0 Å². The van der Waals surface area contributed by atoms with Gasteiger partial charge >= 0.3 is 0 Å². The molecule has 2 N–H and O–H groups in total. The van der Waals surface area contributed by atoms with Gasteiger partial charge in [-0.05, 0) is 39.7 Å². The van der Waals surface area contributed by atoms with E-state index in [2.05, 4.69) is 15.9 Å². The number of hydrogen-bond donors (Lipinski definition) is 1. The van der Waals surface area contributed by atoms with E-state index >= 15 is 0 Å². The summed E-state index contributed by atoms with van der Waals surface area (Å²) >= 11 is 4.81. The van der Waals surface area contributed by atoms with Crippen LogP contribution in [0.3, 0.4) is 0 Å². The normalized spacial score (nSPS) is 12.7. The molecule has 1 aromatic carbocycles. The third-order valence-corrected chi connectivity index (χ3v) is 4.20. The summed E-state index contributed by atoms with van der Waals surface area (Å²) in [5, 5.41) is 1.90. The van der Waals surface area contributed by atoms with E-state index in [-0.39, 0.29) is 5.56 Å². The molecule has 0 saturated carbocycles. The fraction of sp³-hybridized carbons (Fsp3) is 0.167. The van der Waals surface area contributed by atoms with Crippen molar-refractivity contribution < 1.29 is 13.2 Å². The van der Waals surface area contributed by atoms with E-state index in [1.54, 1.807) is 0 Å². The van der Waals surface area contributed by atoms with Gasteiger partial charge in [0.15, 0.2) is 17.5 Å². The predicted octanol–water partition coefficient (Wildman–Crippen LogP) is 4.17. The van der Waals surface area contributed by atoms with Crippen LogP contribution in [0.25, 0.3) is 0 Å². The molecule has 1 nitrogen and oxygen atoms in total. The van der Waals surface area contributed by atoms with Crippen molar-refractivity contribution >= 4 is 27.3 Å². The SMILES string of the molecule is NC(Cc1cc(Br)cs1)c1cc(F)c(F)c(F)c1. The number of nitrogens with two attached hydrogens (primary N) is 1. The molecular weight excluding hydrogens is 327 g/mol. The molecule has 0 aliphatic carbocycles. The second-order valence-corrected chi connectivity index (χ2v) is 5.75. The molecule has 0 radical (unpaired) electrons. The van der Waals surface area contributed by atoms with Gasteiger partial charge in [0.2, 0.25) is 0 Å². The summed E-state index contributed by atoms with van der Waals surface area (Å²) in [6, 6.07) is 3.19. The van der Waals surface area contributed by atoms with E-state index in [0.29, 0.717) is 6.42 Å². The molecule has 1 unspecified atom stereocenters. The predicted molar refractivity (Wildman–Crippen MR) is 69.0 cm³/mol. The maximum Gasteiger partial charge on any atom is 0.194 e. The van der Waals surface area contributed by atoms with Crippen LogP contribution in [-0.2, 0) is 6.42 Å². The molecule has 1 aromatic heterocycles. The molecule has 0 amide bonds. The maximum atomic E-state index is 13.1. The third-order valence-electron chi connectivity index (χ3n) is 2.48. The molecule has 1 atom stereocenters. The lowest BCUT2D eigenvalue weighted by Crippen LogP contribution is -2.14. The van der Waals surface area contributed by atoms with Crippen LogP contribution in [0.15, 0.2) is 28.1 Å². The van der Waals surface area contributed by atoms with E-state index in [4.69, 9.17) is 5.73 Å². The molecule has 1 heterocycles. The standard InChI is InChI=1S/C12H9BrF3NS/c13-7-3-8(18-5-7)4-11(17)6-1-9(14)12(16)10(15)2-6/h1-3,5,11H,4,17H2. The van der Waals surface area contributed by atoms with E-state index in [0.717, 1.165) is 21.5 Å². The van der Waals surface area contributed by atoms with Crippen molar-refractivity contribution in [2.24, 2.45) is 5.73 Å². The van der Waals surface area contributed by atoms with Crippen molar-refractivity contribution in [3.63, 3.8) is 0 Å². The molecule has 0 spiro atoms. The summed E-state index contributed by atoms with van der Waals surface area (Å²) in [4.78, 5) is 0.986. The number of halogens is 4. The van der Waals surface area contributed by atoms with E-state index < -0.39 is 23.5 Å². The van der Waals surface area contributed by atoms with Crippen LogP contribution in [0.4, 0.5) is 13.2 Å². The zero-order valence-electron chi connectivity index (χ0n) is 9.09. The summed E-state index contributed by atoms with van der Waals surface area (Å²) in [6.45, 7) is 0. The van der Waals surface area contributed by atoms with Crippen molar-refractivity contribution in [3.05, 3.63) is 55.9 Å². The highest BCUT2D eigenvalue weighted by atomic mass is 79.9. The molecule has 0 saturated heterocycles. The molecule has 0 fully saturated rings. The first-order valence-electron chi connectivity index (χ1n) is 5.10. The van der Waals surface area contributed by atoms with Crippen molar-refractivity contribution in [1.29, 1.82) is 0 Å². The van der Waals surface area contributed by atoms with Crippen molar-refractivity contribution in [2.45, 2.75) is 12.5 Å². The second-order valence-electron chi connectivity index (χ2n) is 3.84. The first-order chi connectivity index (χ1) is 8.47. The van der Waals surface area contributed by atoms with Gasteiger partial charge in [0.05, 0.1) is 0 Å². The zero-order valence-corrected chi connectivity index (χ0v) is 11.5.